The van der Waals surface area contributed by atoms with Gasteiger partial charge in [0.25, 0.3) is 0 Å². The standard InChI is InChI=1S/C29H31BF2N2/c1-7-25-18(3)28-27(24-16-14-23(15-17-24)22-12-10-9-11-13-22)29-19(4)26(8-2)21(6)34(29)30(31,32)33(28)20(25)5/h9-17H,7-8H2,1-6H3. The monoisotopic (exact) mass is 456 g/mol. The molecular weight excluding hydrogens is 425 g/mol. The number of aromatic nitrogens is 1. The van der Waals surface area contributed by atoms with Gasteiger partial charge in [-0.25, -0.2) is 0 Å². The highest BCUT2D eigenvalue weighted by atomic mass is 19.2. The molecule has 0 bridgehead atoms. The third kappa shape index (κ3) is 2.95. The molecule has 0 unspecified atom stereocenters. The lowest BCUT2D eigenvalue weighted by Gasteiger charge is -2.34. The molecule has 1 aromatic heterocycles. The van der Waals surface area contributed by atoms with E-state index in [2.05, 4.69) is 36.4 Å². The predicted molar refractivity (Wildman–Crippen MR) is 138 cm³/mol. The maximum Gasteiger partial charge on any atom is 0.737 e. The van der Waals surface area contributed by atoms with Crippen molar-refractivity contribution in [3.63, 3.8) is 0 Å². The van der Waals surface area contributed by atoms with Gasteiger partial charge in [0, 0.05) is 23.8 Å². The summed E-state index contributed by atoms with van der Waals surface area (Å²) < 4.78 is 35.3. The summed E-state index contributed by atoms with van der Waals surface area (Å²) in [5, 5.41) is 0. The first-order chi connectivity index (χ1) is 16.2. The Balaban J connectivity index is 1.84. The first-order valence-electron chi connectivity index (χ1n) is 12.2. The van der Waals surface area contributed by atoms with Crippen molar-refractivity contribution in [2.24, 2.45) is 0 Å². The molecule has 0 saturated heterocycles. The molecule has 2 nitrogen and oxygen atoms in total. The van der Waals surface area contributed by atoms with Crippen molar-refractivity contribution in [1.82, 2.24) is 4.48 Å². The summed E-state index contributed by atoms with van der Waals surface area (Å²) in [5.41, 5.74) is 10.8. The first-order valence-corrected chi connectivity index (χ1v) is 12.2. The van der Waals surface area contributed by atoms with E-state index < -0.39 is 6.97 Å². The van der Waals surface area contributed by atoms with Gasteiger partial charge in [-0.3, -0.25) is 0 Å². The maximum absolute atomic E-state index is 16.3. The summed E-state index contributed by atoms with van der Waals surface area (Å²) in [6.45, 7) is 7.81. The number of halogens is 2. The van der Waals surface area contributed by atoms with Crippen LogP contribution in [0, 0.1) is 13.8 Å². The van der Waals surface area contributed by atoms with Crippen molar-refractivity contribution in [2.45, 2.75) is 54.4 Å². The molecule has 0 fully saturated rings. The smallest absolute Gasteiger partial charge is 0.393 e. The second kappa shape index (κ2) is 7.94. The molecule has 174 valence electrons. The van der Waals surface area contributed by atoms with Gasteiger partial charge in [-0.2, -0.15) is 0 Å². The Hall–Kier alpha value is -3.21. The Morgan fingerprint density at radius 3 is 1.97 bits per heavy atom. The van der Waals surface area contributed by atoms with Crippen LogP contribution < -0.4 is 0 Å². The zero-order chi connectivity index (χ0) is 24.4. The van der Waals surface area contributed by atoms with Crippen LogP contribution in [0.2, 0.25) is 0 Å². The fourth-order valence-electron chi connectivity index (χ4n) is 6.21. The Bertz CT molecular complexity index is 1400. The highest BCUT2D eigenvalue weighted by Gasteiger charge is 2.56. The van der Waals surface area contributed by atoms with Gasteiger partial charge in [-0.1, -0.05) is 68.4 Å². The molecule has 2 aliphatic heterocycles. The SMILES string of the molecule is CCC1=C(C)C2=C(c3ccc(-c4ccccc4)cc3)c3c(C)c(CC)c(C)n3[B-](F)(F)[N+]2=C1C. The van der Waals surface area contributed by atoms with Gasteiger partial charge in [0.15, 0.2) is 5.70 Å². The van der Waals surface area contributed by atoms with Gasteiger partial charge < -0.3 is 17.6 Å². The quantitative estimate of drug-likeness (QED) is 0.358. The molecular formula is C29H31BF2N2. The van der Waals surface area contributed by atoms with E-state index in [1.54, 1.807) is 0 Å². The van der Waals surface area contributed by atoms with Crippen LogP contribution in [-0.4, -0.2) is 21.6 Å². The average molecular weight is 456 g/mol. The molecule has 0 atom stereocenters. The van der Waals surface area contributed by atoms with Crippen LogP contribution >= 0.6 is 0 Å². The lowest BCUT2D eigenvalue weighted by atomic mass is 9.83. The number of benzene rings is 2. The van der Waals surface area contributed by atoms with E-state index >= 15 is 8.63 Å². The number of nitrogens with zero attached hydrogens (tertiary/aromatic N) is 2. The third-order valence-corrected chi connectivity index (χ3v) is 7.78. The molecule has 0 N–H and O–H groups in total. The van der Waals surface area contributed by atoms with Crippen molar-refractivity contribution < 1.29 is 13.1 Å². The van der Waals surface area contributed by atoms with Crippen molar-refractivity contribution in [2.75, 3.05) is 0 Å². The highest BCUT2D eigenvalue weighted by molar-refractivity contribution is 6.58. The largest absolute Gasteiger partial charge is 0.737 e. The van der Waals surface area contributed by atoms with Crippen molar-refractivity contribution in [3.05, 3.63) is 99.5 Å². The van der Waals surface area contributed by atoms with Crippen molar-refractivity contribution in [3.8, 4) is 11.1 Å². The second-order valence-electron chi connectivity index (χ2n) is 9.43. The molecule has 0 radical (unpaired) electrons. The second-order valence-corrected chi connectivity index (χ2v) is 9.43. The topological polar surface area (TPSA) is 7.94 Å². The predicted octanol–water partition coefficient (Wildman–Crippen LogP) is 7.54. The maximum atomic E-state index is 16.3. The zero-order valence-electron chi connectivity index (χ0n) is 20.8. The van der Waals surface area contributed by atoms with E-state index in [0.717, 1.165) is 57.4 Å². The van der Waals surface area contributed by atoms with Gasteiger partial charge in [0.05, 0.1) is 5.57 Å². The molecule has 0 spiro atoms. The Labute approximate surface area is 201 Å². The molecule has 0 amide bonds. The molecule has 3 heterocycles. The zero-order valence-corrected chi connectivity index (χ0v) is 20.8. The van der Waals surface area contributed by atoms with E-state index in [9.17, 15) is 0 Å². The van der Waals surface area contributed by atoms with E-state index in [0.29, 0.717) is 22.8 Å². The van der Waals surface area contributed by atoms with Crippen LogP contribution in [-0.2, 0) is 6.42 Å². The van der Waals surface area contributed by atoms with E-state index in [1.165, 1.54) is 8.96 Å². The van der Waals surface area contributed by atoms with Gasteiger partial charge >= 0.3 is 6.97 Å². The van der Waals surface area contributed by atoms with Crippen LogP contribution in [0.1, 0.15) is 62.2 Å². The molecule has 5 rings (SSSR count). The Morgan fingerprint density at radius 2 is 1.38 bits per heavy atom. The lowest BCUT2D eigenvalue weighted by molar-refractivity contribution is -0.363. The van der Waals surface area contributed by atoms with Gasteiger partial charge in [-0.05, 0) is 67.1 Å². The summed E-state index contributed by atoms with van der Waals surface area (Å²) in [4.78, 5) is 0. The minimum atomic E-state index is -3.99. The minimum Gasteiger partial charge on any atom is -0.393 e. The Kier molecular flexibility index (Phi) is 5.27. The van der Waals surface area contributed by atoms with Gasteiger partial charge in [0.1, 0.15) is 5.71 Å². The molecule has 34 heavy (non-hydrogen) atoms. The van der Waals surface area contributed by atoms with Crippen LogP contribution in [0.5, 0.6) is 0 Å². The van der Waals surface area contributed by atoms with E-state index in [-0.39, 0.29) is 0 Å². The van der Waals surface area contributed by atoms with Crippen molar-refractivity contribution in [1.29, 1.82) is 0 Å². The summed E-state index contributed by atoms with van der Waals surface area (Å²) in [5.74, 6) is 0. The fraction of sp³-hybridized carbons (Fsp3) is 0.276. The van der Waals surface area contributed by atoms with Crippen molar-refractivity contribution >= 4 is 18.3 Å². The normalized spacial score (nSPS) is 16.9. The molecule has 2 aromatic carbocycles. The van der Waals surface area contributed by atoms with Crippen LogP contribution in [0.25, 0.3) is 16.7 Å². The lowest BCUT2D eigenvalue weighted by Crippen LogP contribution is -2.51. The number of hydrogen-bond donors (Lipinski definition) is 0. The molecule has 3 aromatic rings. The summed E-state index contributed by atoms with van der Waals surface area (Å²) in [6.07, 6.45) is 1.47. The molecule has 0 aliphatic carbocycles. The third-order valence-electron chi connectivity index (χ3n) is 7.78. The number of hydrogen-bond acceptors (Lipinski definition) is 0. The van der Waals surface area contributed by atoms with Gasteiger partial charge in [-0.15, -0.1) is 0 Å². The summed E-state index contributed by atoms with van der Waals surface area (Å²) >= 11 is 0. The van der Waals surface area contributed by atoms with Crippen LogP contribution in [0.15, 0.2) is 71.4 Å². The fourth-order valence-corrected chi connectivity index (χ4v) is 6.21. The molecule has 2 aliphatic rings. The number of allylic oxidation sites excluding steroid dienone is 2. The summed E-state index contributed by atoms with van der Waals surface area (Å²) in [7, 11) is 0. The van der Waals surface area contributed by atoms with E-state index in [1.807, 2.05) is 59.7 Å². The Morgan fingerprint density at radius 1 is 0.794 bits per heavy atom. The highest BCUT2D eigenvalue weighted by Crippen LogP contribution is 2.47. The average Bonchev–Trinajstić information content (AvgIpc) is 3.24. The summed E-state index contributed by atoms with van der Waals surface area (Å²) in [6, 6.07) is 18.6. The minimum absolute atomic E-state index is 0.669. The van der Waals surface area contributed by atoms with E-state index in [4.69, 9.17) is 0 Å². The molecule has 0 saturated carbocycles. The molecule has 5 heteroatoms. The van der Waals surface area contributed by atoms with Crippen LogP contribution in [0.3, 0.4) is 0 Å². The first kappa shape index (κ1) is 22.6. The number of rotatable bonds is 4. The van der Waals surface area contributed by atoms with Gasteiger partial charge in [0.2, 0.25) is 0 Å². The van der Waals surface area contributed by atoms with Crippen LogP contribution in [0.4, 0.5) is 8.63 Å². The number of fused-ring (bicyclic) bond motifs is 2.